The van der Waals surface area contributed by atoms with E-state index in [1.54, 1.807) is 24.5 Å². The summed E-state index contributed by atoms with van der Waals surface area (Å²) in [6, 6.07) is 4.60. The van der Waals surface area contributed by atoms with E-state index in [2.05, 4.69) is 20.4 Å². The molecule has 2 aromatic heterocycles. The molecule has 1 fully saturated rings. The maximum atomic E-state index is 12.7. The minimum absolute atomic E-state index is 0.130. The first-order valence-corrected chi connectivity index (χ1v) is 10.9. The van der Waals surface area contributed by atoms with Crippen LogP contribution in [0.25, 0.3) is 11.3 Å². The van der Waals surface area contributed by atoms with Gasteiger partial charge in [0.1, 0.15) is 6.04 Å². The number of aryl methyl sites for hydroxylation is 1. The van der Waals surface area contributed by atoms with Crippen molar-refractivity contribution in [3.8, 4) is 11.3 Å². The number of hydrogen-bond donors (Lipinski definition) is 2. The minimum Gasteiger partial charge on any atom is -0.381 e. The quantitative estimate of drug-likeness (QED) is 0.549. The van der Waals surface area contributed by atoms with E-state index in [4.69, 9.17) is 4.74 Å². The molecule has 3 heterocycles. The highest BCUT2D eigenvalue weighted by atomic mass is 19.4. The van der Waals surface area contributed by atoms with Crippen molar-refractivity contribution < 1.29 is 22.7 Å². The zero-order chi connectivity index (χ0) is 24.3. The summed E-state index contributed by atoms with van der Waals surface area (Å²) in [5, 5.41) is 9.54. The van der Waals surface area contributed by atoms with Gasteiger partial charge in [0.2, 0.25) is 5.95 Å². The Labute approximate surface area is 194 Å². The molecule has 8 nitrogen and oxygen atoms in total. The maximum absolute atomic E-state index is 12.7. The monoisotopic (exact) mass is 474 g/mol. The van der Waals surface area contributed by atoms with Gasteiger partial charge in [-0.25, -0.2) is 9.97 Å². The van der Waals surface area contributed by atoms with Crippen LogP contribution in [0.1, 0.15) is 41.7 Å². The van der Waals surface area contributed by atoms with Crippen molar-refractivity contribution in [1.82, 2.24) is 25.1 Å². The number of carbonyl (C=O) groups is 1. The predicted octanol–water partition coefficient (Wildman–Crippen LogP) is 4.42. The van der Waals surface area contributed by atoms with Crippen LogP contribution in [0.15, 0.2) is 42.9 Å². The van der Waals surface area contributed by atoms with Crippen molar-refractivity contribution in [3.63, 3.8) is 0 Å². The Kier molecular flexibility index (Phi) is 6.82. The van der Waals surface area contributed by atoms with E-state index in [0.29, 0.717) is 23.2 Å². The van der Waals surface area contributed by atoms with E-state index in [0.717, 1.165) is 44.2 Å². The van der Waals surface area contributed by atoms with Crippen LogP contribution in [0, 0.1) is 6.92 Å². The first kappa shape index (κ1) is 23.7. The number of ether oxygens (including phenoxy) is 1. The third kappa shape index (κ3) is 5.53. The highest BCUT2D eigenvalue weighted by Gasteiger charge is 2.37. The number of alkyl halides is 3. The second kappa shape index (κ2) is 9.80. The first-order chi connectivity index (χ1) is 16.2. The number of nitrogens with one attached hydrogen (secondary N) is 2. The van der Waals surface area contributed by atoms with Gasteiger partial charge in [-0.3, -0.25) is 9.48 Å². The molecule has 1 aliphatic heterocycles. The molecule has 1 atom stereocenters. The molecule has 1 aliphatic rings. The van der Waals surface area contributed by atoms with Gasteiger partial charge in [0.25, 0.3) is 5.91 Å². The Morgan fingerprint density at radius 1 is 1.18 bits per heavy atom. The van der Waals surface area contributed by atoms with Crippen molar-refractivity contribution in [2.75, 3.05) is 18.5 Å². The highest BCUT2D eigenvalue weighted by molar-refractivity contribution is 5.94. The Morgan fingerprint density at radius 2 is 1.88 bits per heavy atom. The molecule has 3 aromatic rings. The summed E-state index contributed by atoms with van der Waals surface area (Å²) in [7, 11) is 0. The van der Waals surface area contributed by atoms with Gasteiger partial charge in [-0.1, -0.05) is 12.1 Å². The van der Waals surface area contributed by atoms with Gasteiger partial charge in [-0.15, -0.1) is 0 Å². The molecule has 4 rings (SSSR count). The summed E-state index contributed by atoms with van der Waals surface area (Å²) in [5.41, 5.74) is 3.05. The van der Waals surface area contributed by atoms with Crippen LogP contribution >= 0.6 is 0 Å². The first-order valence-electron chi connectivity index (χ1n) is 10.9. The number of benzene rings is 1. The van der Waals surface area contributed by atoms with Gasteiger partial charge in [0.05, 0.1) is 23.6 Å². The average Bonchev–Trinajstić information content (AvgIpc) is 3.29. The van der Waals surface area contributed by atoms with Crippen molar-refractivity contribution in [3.05, 3.63) is 54.0 Å². The van der Waals surface area contributed by atoms with Gasteiger partial charge in [-0.05, 0) is 44.4 Å². The van der Waals surface area contributed by atoms with Gasteiger partial charge in [0, 0.05) is 36.7 Å². The van der Waals surface area contributed by atoms with Crippen LogP contribution in [0.2, 0.25) is 0 Å². The molecule has 11 heteroatoms. The van der Waals surface area contributed by atoms with Crippen LogP contribution in [0.4, 0.5) is 24.8 Å². The van der Waals surface area contributed by atoms with Gasteiger partial charge in [0.15, 0.2) is 0 Å². The topological polar surface area (TPSA) is 94.0 Å². The third-order valence-corrected chi connectivity index (χ3v) is 5.65. The van der Waals surface area contributed by atoms with Gasteiger partial charge < -0.3 is 15.4 Å². The number of anilines is 2. The van der Waals surface area contributed by atoms with Crippen LogP contribution in [0.3, 0.4) is 0 Å². The van der Waals surface area contributed by atoms with Crippen LogP contribution in [-0.4, -0.2) is 51.1 Å². The Morgan fingerprint density at radius 3 is 2.56 bits per heavy atom. The van der Waals surface area contributed by atoms with E-state index in [9.17, 15) is 18.0 Å². The number of aromatic nitrogens is 4. The van der Waals surface area contributed by atoms with Crippen molar-refractivity contribution in [1.29, 1.82) is 0 Å². The number of nitrogens with zero attached hydrogens (tertiary/aromatic N) is 4. The molecule has 0 saturated carbocycles. The van der Waals surface area contributed by atoms with E-state index in [-0.39, 0.29) is 5.56 Å². The second-order valence-corrected chi connectivity index (χ2v) is 8.22. The molecule has 34 heavy (non-hydrogen) atoms. The van der Waals surface area contributed by atoms with Crippen LogP contribution in [0.5, 0.6) is 0 Å². The largest absolute Gasteiger partial charge is 0.408 e. The lowest BCUT2D eigenvalue weighted by Gasteiger charge is -2.22. The molecule has 1 aromatic carbocycles. The van der Waals surface area contributed by atoms with Crippen molar-refractivity contribution >= 4 is 17.5 Å². The molecule has 0 spiro atoms. The lowest BCUT2D eigenvalue weighted by atomic mass is 10.1. The maximum Gasteiger partial charge on any atom is 0.408 e. The number of amides is 1. The second-order valence-electron chi connectivity index (χ2n) is 8.22. The van der Waals surface area contributed by atoms with E-state index in [1.807, 2.05) is 23.1 Å². The normalized spacial score (nSPS) is 15.7. The molecular formula is C23H25F3N6O2. The summed E-state index contributed by atoms with van der Waals surface area (Å²) in [4.78, 5) is 21.0. The lowest BCUT2D eigenvalue weighted by molar-refractivity contribution is -0.149. The van der Waals surface area contributed by atoms with Crippen molar-refractivity contribution in [2.24, 2.45) is 0 Å². The van der Waals surface area contributed by atoms with E-state index >= 15 is 0 Å². The molecule has 0 aliphatic carbocycles. The van der Waals surface area contributed by atoms with Crippen LogP contribution < -0.4 is 10.6 Å². The molecule has 0 unspecified atom stereocenters. The zero-order valence-corrected chi connectivity index (χ0v) is 18.8. The summed E-state index contributed by atoms with van der Waals surface area (Å²) < 4.78 is 45.4. The molecule has 0 radical (unpaired) electrons. The Hall–Kier alpha value is -3.47. The fourth-order valence-electron chi connectivity index (χ4n) is 3.62. The molecule has 2 N–H and O–H groups in total. The molecular weight excluding hydrogens is 449 g/mol. The van der Waals surface area contributed by atoms with Crippen molar-refractivity contribution in [2.45, 2.75) is 44.9 Å². The average molecular weight is 474 g/mol. The lowest BCUT2D eigenvalue weighted by Crippen LogP contribution is -2.43. The predicted molar refractivity (Wildman–Crippen MR) is 120 cm³/mol. The SMILES string of the molecule is Cc1cnc(Nc2cnn(C3CCOCC3)c2)nc1-c1ccc(C(=O)N[C@@H](C)C(F)(F)F)cc1. The number of hydrogen-bond acceptors (Lipinski definition) is 6. The Bertz CT molecular complexity index is 1140. The molecule has 1 amide bonds. The van der Waals surface area contributed by atoms with E-state index < -0.39 is 18.1 Å². The Balaban J connectivity index is 1.47. The summed E-state index contributed by atoms with van der Waals surface area (Å²) in [5.74, 6) is -0.410. The van der Waals surface area contributed by atoms with Gasteiger partial charge >= 0.3 is 6.18 Å². The summed E-state index contributed by atoms with van der Waals surface area (Å²) in [6.07, 6.45) is 2.63. The zero-order valence-electron chi connectivity index (χ0n) is 18.8. The standard InChI is InChI=1S/C23H25F3N6O2/c1-14-11-27-22(30-18-12-28-32(13-18)19-7-9-34-10-8-19)31-20(14)16-3-5-17(6-4-16)21(33)29-15(2)23(24,25)26/h3-6,11-13,15,19H,7-10H2,1-2H3,(H,29,33)(H,27,30,31)/t15-/m0/s1. The third-order valence-electron chi connectivity index (χ3n) is 5.65. The molecule has 1 saturated heterocycles. The minimum atomic E-state index is -4.50. The number of halogens is 3. The summed E-state index contributed by atoms with van der Waals surface area (Å²) in [6.45, 7) is 4.20. The summed E-state index contributed by atoms with van der Waals surface area (Å²) >= 11 is 0. The number of carbonyl (C=O) groups excluding carboxylic acids is 1. The number of rotatable bonds is 6. The molecule has 180 valence electrons. The molecule has 0 bridgehead atoms. The van der Waals surface area contributed by atoms with Gasteiger partial charge in [-0.2, -0.15) is 18.3 Å². The fraction of sp³-hybridized carbons (Fsp3) is 0.391. The fourth-order valence-corrected chi connectivity index (χ4v) is 3.62. The smallest absolute Gasteiger partial charge is 0.381 e. The van der Waals surface area contributed by atoms with Crippen LogP contribution in [-0.2, 0) is 4.74 Å². The van der Waals surface area contributed by atoms with E-state index in [1.165, 1.54) is 12.1 Å². The highest BCUT2D eigenvalue weighted by Crippen LogP contribution is 2.26.